The molecule has 4 rings (SSSR count). The second-order valence-electron chi connectivity index (χ2n) is 7.75. The largest absolute Gasteiger partial charge is 0.490 e. The van der Waals surface area contributed by atoms with E-state index < -0.39 is 9.84 Å². The molecule has 2 aromatic rings. The van der Waals surface area contributed by atoms with E-state index in [9.17, 15) is 8.42 Å². The van der Waals surface area contributed by atoms with Crippen molar-refractivity contribution >= 4 is 9.84 Å². The summed E-state index contributed by atoms with van der Waals surface area (Å²) in [7, 11) is -3.43. The molecule has 148 valence electrons. The van der Waals surface area contributed by atoms with E-state index in [1.165, 1.54) is 0 Å². The molecule has 0 aliphatic carbocycles. The van der Waals surface area contributed by atoms with Gasteiger partial charge in [-0.3, -0.25) is 10.00 Å². The Hall–Kier alpha value is -2.37. The highest BCUT2D eigenvalue weighted by Crippen LogP contribution is 2.38. The first-order valence-electron chi connectivity index (χ1n) is 9.54. The van der Waals surface area contributed by atoms with Gasteiger partial charge in [0.15, 0.2) is 9.84 Å². The Kier molecular flexibility index (Phi) is 4.89. The number of fused-ring (bicyclic) bond motifs is 2. The number of rotatable bonds is 5. The number of nitrogens with zero attached hydrogens (tertiary/aromatic N) is 3. The summed E-state index contributed by atoms with van der Waals surface area (Å²) in [4.78, 5) is 2.47. The molecular weight excluding hydrogens is 376 g/mol. The molecule has 3 atom stereocenters. The van der Waals surface area contributed by atoms with Crippen LogP contribution in [0.25, 0.3) is 0 Å². The second kappa shape index (κ2) is 7.22. The summed E-state index contributed by atoms with van der Waals surface area (Å²) < 4.78 is 32.1. The first kappa shape index (κ1) is 19.0. The van der Waals surface area contributed by atoms with Crippen molar-refractivity contribution in [2.24, 2.45) is 0 Å². The van der Waals surface area contributed by atoms with Gasteiger partial charge >= 0.3 is 0 Å². The molecule has 1 aromatic heterocycles. The van der Waals surface area contributed by atoms with Gasteiger partial charge < -0.3 is 4.74 Å². The number of benzene rings is 1. The third-order valence-corrected chi connectivity index (χ3v) is 7.68. The van der Waals surface area contributed by atoms with Crippen LogP contribution in [0.2, 0.25) is 0 Å². The fourth-order valence-corrected chi connectivity index (χ4v) is 6.54. The van der Waals surface area contributed by atoms with E-state index in [2.05, 4.69) is 21.2 Å². The van der Waals surface area contributed by atoms with Crippen LogP contribution in [-0.4, -0.2) is 47.6 Å². The Morgan fingerprint density at radius 2 is 1.86 bits per heavy atom. The molecule has 8 heteroatoms. The van der Waals surface area contributed by atoms with E-state index in [1.54, 1.807) is 26.0 Å². The molecule has 0 unspecified atom stereocenters. The summed E-state index contributed by atoms with van der Waals surface area (Å²) in [6, 6.07) is 9.67. The summed E-state index contributed by atoms with van der Waals surface area (Å²) in [6.07, 6.45) is 3.69. The van der Waals surface area contributed by atoms with E-state index in [4.69, 9.17) is 10.00 Å². The van der Waals surface area contributed by atoms with Crippen molar-refractivity contribution in [2.75, 3.05) is 5.88 Å². The van der Waals surface area contributed by atoms with Gasteiger partial charge in [0.25, 0.3) is 0 Å². The molecule has 2 bridgehead atoms. The molecule has 7 nitrogen and oxygen atoms in total. The highest BCUT2D eigenvalue weighted by molar-refractivity contribution is 7.91. The monoisotopic (exact) mass is 400 g/mol. The number of hydrogen-bond donors (Lipinski definition) is 1. The summed E-state index contributed by atoms with van der Waals surface area (Å²) >= 11 is 0. The van der Waals surface area contributed by atoms with Crippen LogP contribution in [0.15, 0.2) is 29.2 Å². The smallest absolute Gasteiger partial charge is 0.195 e. The molecule has 1 N–H and O–H groups in total. The molecule has 2 aliphatic rings. The molecule has 2 saturated heterocycles. The Morgan fingerprint density at radius 3 is 2.39 bits per heavy atom. The van der Waals surface area contributed by atoms with Gasteiger partial charge in [-0.05, 0) is 63.8 Å². The van der Waals surface area contributed by atoms with Crippen LogP contribution < -0.4 is 4.74 Å². The molecule has 1 aromatic carbocycles. The number of ether oxygens (including phenoxy) is 1. The lowest BCUT2D eigenvalue weighted by molar-refractivity contribution is 0.0609. The number of aryl methyl sites for hydroxylation is 2. The quantitative estimate of drug-likeness (QED) is 0.828. The molecule has 2 aliphatic heterocycles. The Bertz CT molecular complexity index is 974. The van der Waals surface area contributed by atoms with Crippen LogP contribution in [0.3, 0.4) is 0 Å². The normalized spacial score (nSPS) is 24.8. The number of aromatic nitrogens is 2. The van der Waals surface area contributed by atoms with Gasteiger partial charge in [-0.15, -0.1) is 0 Å². The third-order valence-electron chi connectivity index (χ3n) is 5.82. The van der Waals surface area contributed by atoms with Gasteiger partial charge in [-0.2, -0.15) is 10.4 Å². The average Bonchev–Trinajstić information content (AvgIpc) is 3.10. The van der Waals surface area contributed by atoms with E-state index in [0.717, 1.165) is 31.4 Å². The molecule has 0 spiro atoms. The highest BCUT2D eigenvalue weighted by Gasteiger charge is 2.43. The minimum absolute atomic E-state index is 0.0349. The van der Waals surface area contributed by atoms with E-state index in [0.29, 0.717) is 21.8 Å². The second-order valence-corrected chi connectivity index (χ2v) is 9.65. The standard InChI is InChI=1S/C20H24N4O3S/c1-13-20(14(2)23-22-13)28(25,26)12-24-16-5-6-17(24)10-19(9-16)27-18-7-3-15(11-21)4-8-18/h3-4,7-8,16-17,19H,5-6,9-10,12H2,1-2H3,(H,22,23)/t16-,17+,19+. The SMILES string of the molecule is Cc1n[nH]c(C)c1S(=O)(=O)CN1[C@@H]2CC[C@H]1C[C@@H](Oc1ccc(C#N)cc1)C2. The number of nitrogens with one attached hydrogen (secondary N) is 1. The summed E-state index contributed by atoms with van der Waals surface area (Å²) in [5.41, 5.74) is 1.74. The van der Waals surface area contributed by atoms with Crippen LogP contribution in [-0.2, 0) is 9.84 Å². The van der Waals surface area contributed by atoms with E-state index in [-0.39, 0.29) is 24.1 Å². The lowest BCUT2D eigenvalue weighted by Crippen LogP contribution is -2.48. The van der Waals surface area contributed by atoms with Gasteiger partial charge in [0.05, 0.1) is 23.0 Å². The first-order chi connectivity index (χ1) is 13.4. The van der Waals surface area contributed by atoms with Gasteiger partial charge in [0.2, 0.25) is 0 Å². The first-order valence-corrected chi connectivity index (χ1v) is 11.2. The van der Waals surface area contributed by atoms with Crippen LogP contribution in [0, 0.1) is 25.2 Å². The number of nitriles is 1. The molecule has 0 saturated carbocycles. The van der Waals surface area contributed by atoms with Crippen LogP contribution in [0.1, 0.15) is 42.6 Å². The summed E-state index contributed by atoms with van der Waals surface area (Å²) in [5.74, 6) is 0.793. The Balaban J connectivity index is 1.45. The lowest BCUT2D eigenvalue weighted by atomic mass is 10.0. The van der Waals surface area contributed by atoms with E-state index >= 15 is 0 Å². The predicted octanol–water partition coefficient (Wildman–Crippen LogP) is 2.70. The van der Waals surface area contributed by atoms with Gasteiger partial charge in [0.1, 0.15) is 22.6 Å². The molecule has 28 heavy (non-hydrogen) atoms. The molecule has 0 radical (unpaired) electrons. The topological polar surface area (TPSA) is 99.1 Å². The van der Waals surface area contributed by atoms with E-state index in [1.807, 2.05) is 12.1 Å². The number of sulfone groups is 1. The molecule has 3 heterocycles. The predicted molar refractivity (Wildman–Crippen MR) is 104 cm³/mol. The molecule has 2 fully saturated rings. The maximum absolute atomic E-state index is 13.0. The molecular formula is C20H24N4O3S. The van der Waals surface area contributed by atoms with Crippen molar-refractivity contribution in [2.45, 2.75) is 62.6 Å². The Labute approximate surface area is 165 Å². The molecule has 0 amide bonds. The zero-order chi connectivity index (χ0) is 19.9. The van der Waals surface area contributed by atoms with Gasteiger partial charge in [0, 0.05) is 12.1 Å². The van der Waals surface area contributed by atoms with Crippen molar-refractivity contribution < 1.29 is 13.2 Å². The van der Waals surface area contributed by atoms with Crippen molar-refractivity contribution in [1.82, 2.24) is 15.1 Å². The number of hydrogen-bond acceptors (Lipinski definition) is 6. The van der Waals surface area contributed by atoms with Crippen molar-refractivity contribution in [3.8, 4) is 11.8 Å². The zero-order valence-electron chi connectivity index (χ0n) is 16.1. The van der Waals surface area contributed by atoms with Crippen molar-refractivity contribution in [3.63, 3.8) is 0 Å². The van der Waals surface area contributed by atoms with Gasteiger partial charge in [-0.25, -0.2) is 8.42 Å². The third kappa shape index (κ3) is 3.52. The van der Waals surface area contributed by atoms with Crippen LogP contribution in [0.5, 0.6) is 5.75 Å². The van der Waals surface area contributed by atoms with Crippen molar-refractivity contribution in [3.05, 3.63) is 41.2 Å². The van der Waals surface area contributed by atoms with Crippen LogP contribution in [0.4, 0.5) is 0 Å². The fraction of sp³-hybridized carbons (Fsp3) is 0.500. The maximum Gasteiger partial charge on any atom is 0.195 e. The summed E-state index contributed by atoms with van der Waals surface area (Å²) in [6.45, 7) is 3.47. The summed E-state index contributed by atoms with van der Waals surface area (Å²) in [5, 5.41) is 15.7. The number of aromatic amines is 1. The van der Waals surface area contributed by atoms with Gasteiger partial charge in [-0.1, -0.05) is 0 Å². The lowest BCUT2D eigenvalue weighted by Gasteiger charge is -2.38. The highest BCUT2D eigenvalue weighted by atomic mass is 32.2. The fourth-order valence-electron chi connectivity index (χ4n) is 4.59. The Morgan fingerprint density at radius 1 is 1.21 bits per heavy atom. The minimum Gasteiger partial charge on any atom is -0.490 e. The zero-order valence-corrected chi connectivity index (χ0v) is 16.9. The minimum atomic E-state index is -3.43. The average molecular weight is 401 g/mol. The number of H-pyrrole nitrogens is 1. The van der Waals surface area contributed by atoms with Crippen LogP contribution >= 0.6 is 0 Å². The maximum atomic E-state index is 13.0. The number of piperidine rings is 1. The van der Waals surface area contributed by atoms with Crippen molar-refractivity contribution in [1.29, 1.82) is 5.26 Å².